The number of imide groups is 2. The Bertz CT molecular complexity index is 1350. The van der Waals surface area contributed by atoms with Gasteiger partial charge in [-0.1, -0.05) is 15.9 Å². The summed E-state index contributed by atoms with van der Waals surface area (Å²) in [5, 5.41) is -0.157. The van der Waals surface area contributed by atoms with E-state index in [1.54, 1.807) is 83.1 Å². The van der Waals surface area contributed by atoms with Crippen molar-refractivity contribution in [3.8, 4) is 0 Å². The molecule has 0 aliphatic heterocycles. The first-order chi connectivity index (χ1) is 19.3. The molecule has 0 fully saturated rings. The lowest BCUT2D eigenvalue weighted by Crippen LogP contribution is -2.46. The van der Waals surface area contributed by atoms with Crippen molar-refractivity contribution in [2.24, 2.45) is 0 Å². The van der Waals surface area contributed by atoms with Gasteiger partial charge in [0.05, 0.1) is 10.9 Å². The van der Waals surface area contributed by atoms with Crippen molar-refractivity contribution in [1.29, 1.82) is 0 Å². The summed E-state index contributed by atoms with van der Waals surface area (Å²) in [5.41, 5.74) is -4.30. The molecule has 14 heteroatoms. The fourth-order valence-electron chi connectivity index (χ4n) is 3.34. The summed E-state index contributed by atoms with van der Waals surface area (Å²) >= 11 is 3.24. The maximum Gasteiger partial charge on any atom is 0.427 e. The number of benzene rings is 1. The van der Waals surface area contributed by atoms with Gasteiger partial charge < -0.3 is 18.9 Å². The number of fused-ring (bicyclic) bond motifs is 1. The number of carbonyl (C=O) groups excluding carboxylic acids is 4. The van der Waals surface area contributed by atoms with Gasteiger partial charge in [0.15, 0.2) is 5.82 Å². The average molecular weight is 672 g/mol. The number of rotatable bonds is 3. The Labute approximate surface area is 259 Å². The number of carbonyl (C=O) groups is 4. The Morgan fingerprint density at radius 1 is 0.674 bits per heavy atom. The second-order valence-electron chi connectivity index (χ2n) is 13.5. The van der Waals surface area contributed by atoms with Crippen LogP contribution in [0.1, 0.15) is 88.6 Å². The van der Waals surface area contributed by atoms with Crippen LogP contribution in [0, 0.1) is 5.82 Å². The molecule has 0 unspecified atom stereocenters. The molecule has 43 heavy (non-hydrogen) atoms. The van der Waals surface area contributed by atoms with Crippen LogP contribution in [0.2, 0.25) is 0 Å². The summed E-state index contributed by atoms with van der Waals surface area (Å²) < 4.78 is 37.0. The first-order valence-corrected chi connectivity index (χ1v) is 14.5. The lowest BCUT2D eigenvalue weighted by atomic mass is 10.1. The van der Waals surface area contributed by atoms with E-state index in [0.717, 1.165) is 6.07 Å². The van der Waals surface area contributed by atoms with Gasteiger partial charge >= 0.3 is 24.4 Å². The maximum absolute atomic E-state index is 15.1. The smallest absolute Gasteiger partial charge is 0.427 e. The fraction of sp³-hybridized carbons (Fsp3) is 0.586. The molecule has 0 spiro atoms. The second kappa shape index (κ2) is 12.6. The first kappa shape index (κ1) is 35.6. The van der Waals surface area contributed by atoms with Gasteiger partial charge in [-0.2, -0.15) is 9.88 Å². The molecule has 0 N–H and O–H groups in total. The van der Waals surface area contributed by atoms with Crippen molar-refractivity contribution in [1.82, 2.24) is 9.97 Å². The normalized spacial score (nSPS) is 12.4. The fourth-order valence-corrected chi connectivity index (χ4v) is 3.89. The van der Waals surface area contributed by atoms with Crippen LogP contribution in [0.4, 0.5) is 35.3 Å². The number of halogens is 2. The molecule has 0 bridgehead atoms. The van der Waals surface area contributed by atoms with Gasteiger partial charge in [-0.15, -0.1) is 4.90 Å². The van der Waals surface area contributed by atoms with Crippen LogP contribution in [0.5, 0.6) is 0 Å². The van der Waals surface area contributed by atoms with Crippen molar-refractivity contribution in [3.63, 3.8) is 0 Å². The summed E-state index contributed by atoms with van der Waals surface area (Å²) in [4.78, 5) is 63.5. The van der Waals surface area contributed by atoms with E-state index in [4.69, 9.17) is 18.9 Å². The molecular formula is C29H40BrFN4O8. The third kappa shape index (κ3) is 10.0. The highest BCUT2D eigenvalue weighted by Crippen LogP contribution is 2.35. The summed E-state index contributed by atoms with van der Waals surface area (Å²) in [6.07, 6.45) is -4.82. The molecule has 238 valence electrons. The van der Waals surface area contributed by atoms with E-state index in [9.17, 15) is 19.2 Å². The van der Waals surface area contributed by atoms with E-state index < -0.39 is 64.4 Å². The molecule has 0 saturated heterocycles. The Hall–Kier alpha value is -3.55. The SMILES string of the molecule is CC(C)(C)OC(=O)N(C(=O)OC(C)(C)C)c1nc(N(C(=O)OC(C)(C)C)C(=O)OC(C)(C)C)c2c(CBr)c(F)ccc2n1. The number of nitrogens with zero attached hydrogens (tertiary/aromatic N) is 4. The van der Waals surface area contributed by atoms with Crippen LogP contribution < -0.4 is 9.80 Å². The van der Waals surface area contributed by atoms with Crippen molar-refractivity contribution < 1.29 is 42.5 Å². The number of alkyl halides is 1. The van der Waals surface area contributed by atoms with Crippen LogP contribution in [0.25, 0.3) is 10.9 Å². The van der Waals surface area contributed by atoms with Gasteiger partial charge in [0.1, 0.15) is 28.2 Å². The zero-order valence-corrected chi connectivity index (χ0v) is 28.3. The van der Waals surface area contributed by atoms with E-state index >= 15 is 4.39 Å². The van der Waals surface area contributed by atoms with Gasteiger partial charge in [0.2, 0.25) is 5.95 Å². The average Bonchev–Trinajstić information content (AvgIpc) is 2.74. The van der Waals surface area contributed by atoms with E-state index in [-0.39, 0.29) is 21.8 Å². The Balaban J connectivity index is 3.05. The zero-order chi connectivity index (χ0) is 33.3. The highest BCUT2D eigenvalue weighted by atomic mass is 79.9. The number of aromatic nitrogens is 2. The van der Waals surface area contributed by atoms with E-state index in [0.29, 0.717) is 9.80 Å². The second-order valence-corrected chi connectivity index (χ2v) is 14.1. The minimum atomic E-state index is -1.21. The monoisotopic (exact) mass is 670 g/mol. The van der Waals surface area contributed by atoms with Gasteiger partial charge in [-0.05, 0) is 95.2 Å². The van der Waals surface area contributed by atoms with Crippen LogP contribution >= 0.6 is 15.9 Å². The first-order valence-electron chi connectivity index (χ1n) is 13.4. The third-order valence-electron chi connectivity index (χ3n) is 4.73. The molecule has 12 nitrogen and oxygen atoms in total. The number of anilines is 2. The number of hydrogen-bond donors (Lipinski definition) is 0. The zero-order valence-electron chi connectivity index (χ0n) is 26.7. The van der Waals surface area contributed by atoms with Gasteiger partial charge in [0, 0.05) is 10.9 Å². The van der Waals surface area contributed by atoms with E-state index in [1.165, 1.54) is 6.07 Å². The van der Waals surface area contributed by atoms with Crippen molar-refractivity contribution >= 4 is 63.0 Å². The predicted molar refractivity (Wildman–Crippen MR) is 162 cm³/mol. The minimum Gasteiger partial charge on any atom is -0.443 e. The Kier molecular flexibility index (Phi) is 10.4. The van der Waals surface area contributed by atoms with Crippen LogP contribution in [0.15, 0.2) is 12.1 Å². The van der Waals surface area contributed by atoms with E-state index in [2.05, 4.69) is 25.9 Å². The Morgan fingerprint density at radius 2 is 1.05 bits per heavy atom. The summed E-state index contributed by atoms with van der Waals surface area (Å²) in [5.74, 6) is -1.82. The molecule has 0 atom stereocenters. The highest BCUT2D eigenvalue weighted by molar-refractivity contribution is 9.08. The summed E-state index contributed by atoms with van der Waals surface area (Å²) in [6.45, 7) is 19.0. The van der Waals surface area contributed by atoms with Gasteiger partial charge in [0.25, 0.3) is 0 Å². The van der Waals surface area contributed by atoms with Crippen LogP contribution in [0.3, 0.4) is 0 Å². The largest absolute Gasteiger partial charge is 0.443 e. The molecule has 1 heterocycles. The van der Waals surface area contributed by atoms with Crippen molar-refractivity contribution in [2.45, 2.75) is 111 Å². The quantitative estimate of drug-likeness (QED) is 0.233. The van der Waals surface area contributed by atoms with E-state index in [1.807, 2.05) is 0 Å². The Morgan fingerprint density at radius 3 is 1.40 bits per heavy atom. The predicted octanol–water partition coefficient (Wildman–Crippen LogP) is 8.02. The van der Waals surface area contributed by atoms with Gasteiger partial charge in [-0.3, -0.25) is 0 Å². The number of amides is 4. The molecule has 0 saturated carbocycles. The number of ether oxygens (including phenoxy) is 4. The topological polar surface area (TPSA) is 137 Å². The van der Waals surface area contributed by atoms with Crippen LogP contribution in [-0.4, -0.2) is 56.7 Å². The van der Waals surface area contributed by atoms with Gasteiger partial charge in [-0.25, -0.2) is 28.6 Å². The van der Waals surface area contributed by atoms with Crippen molar-refractivity contribution in [2.75, 3.05) is 9.80 Å². The highest BCUT2D eigenvalue weighted by Gasteiger charge is 2.39. The van der Waals surface area contributed by atoms with Crippen molar-refractivity contribution in [3.05, 3.63) is 23.5 Å². The minimum absolute atomic E-state index is 0.0164. The molecule has 2 rings (SSSR count). The molecule has 1 aromatic heterocycles. The molecule has 1 aromatic carbocycles. The molecule has 0 aliphatic carbocycles. The van der Waals surface area contributed by atoms with Crippen LogP contribution in [-0.2, 0) is 24.3 Å². The lowest BCUT2D eigenvalue weighted by Gasteiger charge is -2.30. The molecule has 4 amide bonds. The molecule has 0 aliphatic rings. The molecular weight excluding hydrogens is 631 g/mol. The summed E-state index contributed by atoms with van der Waals surface area (Å²) in [6, 6.07) is 2.35. The number of hydrogen-bond acceptors (Lipinski definition) is 10. The lowest BCUT2D eigenvalue weighted by molar-refractivity contribution is 0.0411. The maximum atomic E-state index is 15.1. The molecule has 0 radical (unpaired) electrons. The standard InChI is InChI=1S/C29H40BrFN4O8/c1-26(2,3)40-22(36)34(23(37)41-27(4,5)6)20-19-16(15-30)17(31)13-14-18(19)32-21(33-20)35(24(38)42-28(7,8)9)25(39)43-29(10,11)12/h13-14H,15H2,1-12H3. The molecule has 2 aromatic rings. The summed E-state index contributed by atoms with van der Waals surface area (Å²) in [7, 11) is 0. The third-order valence-corrected chi connectivity index (χ3v) is 5.29.